The molecule has 0 aliphatic heterocycles. The minimum absolute atomic E-state index is 0.276. The number of carbonyl (C=O) groups is 1. The predicted octanol–water partition coefficient (Wildman–Crippen LogP) is 2.57. The summed E-state index contributed by atoms with van der Waals surface area (Å²) >= 11 is 0. The number of nitrogens with one attached hydrogen (secondary N) is 1. The minimum Gasteiger partial charge on any atom is -0.350 e. The zero-order valence-electron chi connectivity index (χ0n) is 16.7. The Hall–Kier alpha value is -3.13. The van der Waals surface area contributed by atoms with E-state index in [4.69, 9.17) is 0 Å². The van der Waals surface area contributed by atoms with Gasteiger partial charge in [0.25, 0.3) is 0 Å². The maximum absolute atomic E-state index is 12.6. The summed E-state index contributed by atoms with van der Waals surface area (Å²) in [6.07, 6.45) is 4.68. The first-order chi connectivity index (χ1) is 13.8. The summed E-state index contributed by atoms with van der Waals surface area (Å²) in [4.78, 5) is 16.8. The quantitative estimate of drug-likeness (QED) is 0.646. The summed E-state index contributed by atoms with van der Waals surface area (Å²) in [6.45, 7) is 3.77. The number of imidazole rings is 1. The lowest BCUT2D eigenvalue weighted by Gasteiger charge is -2.22. The van der Waals surface area contributed by atoms with Gasteiger partial charge in [0.2, 0.25) is 15.9 Å². The molecule has 0 saturated carbocycles. The molecule has 1 heterocycles. The molecule has 7 nitrogen and oxygen atoms in total. The average molecular weight is 413 g/mol. The van der Waals surface area contributed by atoms with Crippen LogP contribution in [0.15, 0.2) is 60.9 Å². The van der Waals surface area contributed by atoms with Crippen molar-refractivity contribution in [2.75, 3.05) is 17.1 Å². The maximum Gasteiger partial charge on any atom is 0.241 e. The highest BCUT2D eigenvalue weighted by Crippen LogP contribution is 2.19. The first-order valence-electron chi connectivity index (χ1n) is 9.15. The summed E-state index contributed by atoms with van der Waals surface area (Å²) in [7, 11) is -3.60. The molecular weight excluding hydrogens is 388 g/mol. The number of rotatable bonds is 7. The molecule has 152 valence electrons. The fourth-order valence-corrected chi connectivity index (χ4v) is 3.94. The first-order valence-corrected chi connectivity index (χ1v) is 11.0. The van der Waals surface area contributed by atoms with E-state index < -0.39 is 10.0 Å². The van der Waals surface area contributed by atoms with Gasteiger partial charge in [0.05, 0.1) is 17.6 Å². The number of carbonyl (C=O) groups excluding carboxylic acids is 1. The van der Waals surface area contributed by atoms with Crippen LogP contribution in [0, 0.1) is 13.8 Å². The first kappa shape index (κ1) is 20.6. The number of para-hydroxylation sites is 1. The number of nitrogens with zero attached hydrogens (tertiary/aromatic N) is 3. The Morgan fingerprint density at radius 3 is 2.55 bits per heavy atom. The second-order valence-corrected chi connectivity index (χ2v) is 8.77. The van der Waals surface area contributed by atoms with Crippen LogP contribution >= 0.6 is 0 Å². The Bertz CT molecular complexity index is 1120. The molecule has 0 bridgehead atoms. The SMILES string of the molecule is Cc1cccc(N(CC(=O)NCc2ccccc2-n2ccnc2C)S(C)(=O)=O)c1. The van der Waals surface area contributed by atoms with Crippen LogP contribution in [0.25, 0.3) is 5.69 Å². The van der Waals surface area contributed by atoms with Crippen LogP contribution in [0.1, 0.15) is 17.0 Å². The van der Waals surface area contributed by atoms with Crippen LogP contribution in [-0.2, 0) is 21.4 Å². The van der Waals surface area contributed by atoms with Crippen molar-refractivity contribution >= 4 is 21.6 Å². The van der Waals surface area contributed by atoms with E-state index in [9.17, 15) is 13.2 Å². The van der Waals surface area contributed by atoms with Crippen LogP contribution in [0.4, 0.5) is 5.69 Å². The number of sulfonamides is 1. The molecule has 0 fully saturated rings. The molecule has 0 aliphatic rings. The van der Waals surface area contributed by atoms with Crippen molar-refractivity contribution in [2.45, 2.75) is 20.4 Å². The molecule has 29 heavy (non-hydrogen) atoms. The van der Waals surface area contributed by atoms with Gasteiger partial charge in [-0.05, 0) is 43.2 Å². The summed E-state index contributed by atoms with van der Waals surface area (Å²) in [5.41, 5.74) is 3.21. The van der Waals surface area contributed by atoms with E-state index in [1.807, 2.05) is 54.9 Å². The second-order valence-electron chi connectivity index (χ2n) is 6.86. The van der Waals surface area contributed by atoms with E-state index in [-0.39, 0.29) is 19.0 Å². The van der Waals surface area contributed by atoms with E-state index in [0.717, 1.165) is 33.2 Å². The molecule has 0 aliphatic carbocycles. The number of aromatic nitrogens is 2. The zero-order valence-corrected chi connectivity index (χ0v) is 17.5. The lowest BCUT2D eigenvalue weighted by Crippen LogP contribution is -2.40. The third-order valence-corrected chi connectivity index (χ3v) is 5.67. The smallest absolute Gasteiger partial charge is 0.241 e. The van der Waals surface area contributed by atoms with Crippen molar-refractivity contribution in [2.24, 2.45) is 0 Å². The van der Waals surface area contributed by atoms with Gasteiger partial charge in [-0.3, -0.25) is 9.10 Å². The summed E-state index contributed by atoms with van der Waals surface area (Å²) in [5, 5.41) is 2.83. The molecule has 1 aromatic heterocycles. The van der Waals surface area contributed by atoms with Crippen molar-refractivity contribution < 1.29 is 13.2 Å². The van der Waals surface area contributed by atoms with Crippen molar-refractivity contribution in [3.8, 4) is 5.69 Å². The van der Waals surface area contributed by atoms with Crippen molar-refractivity contribution in [3.05, 3.63) is 77.9 Å². The van der Waals surface area contributed by atoms with Gasteiger partial charge >= 0.3 is 0 Å². The van der Waals surface area contributed by atoms with Gasteiger partial charge in [-0.2, -0.15) is 0 Å². The van der Waals surface area contributed by atoms with E-state index in [2.05, 4.69) is 10.3 Å². The van der Waals surface area contributed by atoms with Gasteiger partial charge in [-0.1, -0.05) is 30.3 Å². The van der Waals surface area contributed by atoms with Crippen LogP contribution in [0.2, 0.25) is 0 Å². The highest BCUT2D eigenvalue weighted by molar-refractivity contribution is 7.92. The number of aryl methyl sites for hydroxylation is 2. The molecule has 0 unspecified atom stereocenters. The number of benzene rings is 2. The van der Waals surface area contributed by atoms with Gasteiger partial charge < -0.3 is 9.88 Å². The molecule has 2 aromatic carbocycles. The highest BCUT2D eigenvalue weighted by Gasteiger charge is 2.21. The highest BCUT2D eigenvalue weighted by atomic mass is 32.2. The summed E-state index contributed by atoms with van der Waals surface area (Å²) < 4.78 is 27.5. The second kappa shape index (κ2) is 8.48. The monoisotopic (exact) mass is 412 g/mol. The van der Waals surface area contributed by atoms with Gasteiger partial charge in [-0.15, -0.1) is 0 Å². The minimum atomic E-state index is -3.60. The Kier molecular flexibility index (Phi) is 6.03. The molecule has 0 spiro atoms. The molecule has 3 rings (SSSR count). The average Bonchev–Trinajstić information content (AvgIpc) is 3.09. The number of amides is 1. The summed E-state index contributed by atoms with van der Waals surface area (Å²) in [6, 6.07) is 14.7. The molecule has 3 aromatic rings. The summed E-state index contributed by atoms with van der Waals surface area (Å²) in [5.74, 6) is 0.459. The zero-order chi connectivity index (χ0) is 21.0. The van der Waals surface area contributed by atoms with Gasteiger partial charge in [0, 0.05) is 18.9 Å². The maximum atomic E-state index is 12.6. The third kappa shape index (κ3) is 5.03. The largest absolute Gasteiger partial charge is 0.350 e. The molecular formula is C21H24N4O3S. The Morgan fingerprint density at radius 1 is 1.14 bits per heavy atom. The van der Waals surface area contributed by atoms with Gasteiger partial charge in [0.15, 0.2) is 0 Å². The van der Waals surface area contributed by atoms with Gasteiger partial charge in [-0.25, -0.2) is 13.4 Å². The standard InChI is InChI=1S/C21H24N4O3S/c1-16-7-6-9-19(13-16)25(29(3,27)28)15-21(26)23-14-18-8-4-5-10-20(18)24-12-11-22-17(24)2/h4-13H,14-15H2,1-3H3,(H,23,26). The molecule has 0 radical (unpaired) electrons. The van der Waals surface area contributed by atoms with E-state index >= 15 is 0 Å². The van der Waals surface area contributed by atoms with Crippen LogP contribution < -0.4 is 9.62 Å². The normalized spacial score (nSPS) is 11.3. The predicted molar refractivity (Wildman–Crippen MR) is 114 cm³/mol. The van der Waals surface area contributed by atoms with Crippen LogP contribution in [0.5, 0.6) is 0 Å². The van der Waals surface area contributed by atoms with Crippen molar-refractivity contribution in [3.63, 3.8) is 0 Å². The van der Waals surface area contributed by atoms with Crippen molar-refractivity contribution in [1.82, 2.24) is 14.9 Å². The third-order valence-electron chi connectivity index (χ3n) is 4.53. The molecule has 1 amide bonds. The molecule has 0 saturated heterocycles. The van der Waals surface area contributed by atoms with Crippen molar-refractivity contribution in [1.29, 1.82) is 0 Å². The van der Waals surface area contributed by atoms with Gasteiger partial charge in [0.1, 0.15) is 12.4 Å². The number of hydrogen-bond donors (Lipinski definition) is 1. The Labute approximate surface area is 171 Å². The number of anilines is 1. The van der Waals surface area contributed by atoms with Crippen LogP contribution in [0.3, 0.4) is 0 Å². The number of hydrogen-bond acceptors (Lipinski definition) is 4. The van der Waals surface area contributed by atoms with E-state index in [1.165, 1.54) is 0 Å². The van der Waals surface area contributed by atoms with E-state index in [1.54, 1.807) is 24.4 Å². The lowest BCUT2D eigenvalue weighted by molar-refractivity contribution is -0.119. The Balaban J connectivity index is 1.75. The lowest BCUT2D eigenvalue weighted by atomic mass is 10.1. The molecule has 0 atom stereocenters. The Morgan fingerprint density at radius 2 is 1.90 bits per heavy atom. The van der Waals surface area contributed by atoms with E-state index in [0.29, 0.717) is 5.69 Å². The fourth-order valence-electron chi connectivity index (χ4n) is 3.09. The topological polar surface area (TPSA) is 84.3 Å². The van der Waals surface area contributed by atoms with Crippen LogP contribution in [-0.4, -0.2) is 36.7 Å². The fraction of sp³-hybridized carbons (Fsp3) is 0.238. The molecule has 1 N–H and O–H groups in total. The molecule has 8 heteroatoms.